The lowest BCUT2D eigenvalue weighted by Crippen LogP contribution is -2.20. The van der Waals surface area contributed by atoms with Gasteiger partial charge < -0.3 is 10.2 Å². The number of hydrogen-bond donors (Lipinski definition) is 1. The van der Waals surface area contributed by atoms with Crippen molar-refractivity contribution in [1.29, 1.82) is 0 Å². The standard InChI is InChI=1S/C15H19N5/c1-2-6-13(7-3-1)8-9-16-15-18-14(12-17-19-15)20-10-4-5-11-20/h1-3,6-7,12H,4-5,8-11H2,(H,16,18,19). The minimum Gasteiger partial charge on any atom is -0.355 e. The van der Waals surface area contributed by atoms with Crippen molar-refractivity contribution >= 4 is 11.8 Å². The van der Waals surface area contributed by atoms with Crippen LogP contribution in [0.2, 0.25) is 0 Å². The Bertz CT molecular complexity index is 537. The van der Waals surface area contributed by atoms with Gasteiger partial charge in [-0.25, -0.2) is 0 Å². The number of benzene rings is 1. The molecule has 0 spiro atoms. The quantitative estimate of drug-likeness (QED) is 0.901. The summed E-state index contributed by atoms with van der Waals surface area (Å²) in [6.45, 7) is 2.96. The number of nitrogens with zero attached hydrogens (tertiary/aromatic N) is 4. The van der Waals surface area contributed by atoms with E-state index in [-0.39, 0.29) is 0 Å². The monoisotopic (exact) mass is 269 g/mol. The molecule has 0 aliphatic carbocycles. The molecule has 1 aromatic heterocycles. The summed E-state index contributed by atoms with van der Waals surface area (Å²) < 4.78 is 0. The van der Waals surface area contributed by atoms with E-state index < -0.39 is 0 Å². The summed E-state index contributed by atoms with van der Waals surface area (Å²) in [5, 5.41) is 11.3. The molecule has 1 fully saturated rings. The Morgan fingerprint density at radius 2 is 1.90 bits per heavy atom. The van der Waals surface area contributed by atoms with Crippen LogP contribution >= 0.6 is 0 Å². The van der Waals surface area contributed by atoms with Gasteiger partial charge in [-0.1, -0.05) is 30.3 Å². The average molecular weight is 269 g/mol. The number of aromatic nitrogens is 3. The van der Waals surface area contributed by atoms with Crippen LogP contribution in [0.25, 0.3) is 0 Å². The highest BCUT2D eigenvalue weighted by atomic mass is 15.3. The van der Waals surface area contributed by atoms with Gasteiger partial charge >= 0.3 is 0 Å². The first-order chi connectivity index (χ1) is 9.92. The summed E-state index contributed by atoms with van der Waals surface area (Å²) in [5.41, 5.74) is 1.31. The summed E-state index contributed by atoms with van der Waals surface area (Å²) in [4.78, 5) is 6.79. The number of nitrogens with one attached hydrogen (secondary N) is 1. The maximum atomic E-state index is 4.53. The van der Waals surface area contributed by atoms with Crippen molar-refractivity contribution in [3.63, 3.8) is 0 Å². The van der Waals surface area contributed by atoms with E-state index in [1.54, 1.807) is 6.20 Å². The predicted octanol–water partition coefficient (Wildman–Crippen LogP) is 2.13. The van der Waals surface area contributed by atoms with Gasteiger partial charge in [0.2, 0.25) is 5.95 Å². The van der Waals surface area contributed by atoms with Gasteiger partial charge in [0.25, 0.3) is 0 Å². The van der Waals surface area contributed by atoms with Gasteiger partial charge in [-0.3, -0.25) is 0 Å². The summed E-state index contributed by atoms with van der Waals surface area (Å²) in [6.07, 6.45) is 5.17. The van der Waals surface area contributed by atoms with Crippen LogP contribution in [0.5, 0.6) is 0 Å². The maximum absolute atomic E-state index is 4.53. The van der Waals surface area contributed by atoms with Crippen LogP contribution in [-0.2, 0) is 6.42 Å². The van der Waals surface area contributed by atoms with Gasteiger partial charge in [-0.15, -0.1) is 5.10 Å². The predicted molar refractivity (Wildman–Crippen MR) is 79.9 cm³/mol. The van der Waals surface area contributed by atoms with Crippen LogP contribution in [-0.4, -0.2) is 34.8 Å². The van der Waals surface area contributed by atoms with Crippen LogP contribution in [0.4, 0.5) is 11.8 Å². The van der Waals surface area contributed by atoms with Crippen molar-refractivity contribution in [2.45, 2.75) is 19.3 Å². The molecule has 20 heavy (non-hydrogen) atoms. The van der Waals surface area contributed by atoms with E-state index in [0.717, 1.165) is 31.9 Å². The molecule has 104 valence electrons. The molecule has 1 aliphatic heterocycles. The molecule has 1 saturated heterocycles. The molecule has 0 radical (unpaired) electrons. The van der Waals surface area contributed by atoms with Crippen LogP contribution in [0.15, 0.2) is 36.5 Å². The van der Waals surface area contributed by atoms with E-state index in [2.05, 4.69) is 49.7 Å². The molecule has 2 heterocycles. The van der Waals surface area contributed by atoms with E-state index in [9.17, 15) is 0 Å². The SMILES string of the molecule is c1ccc(CCNc2nncc(N3CCCC3)n2)cc1. The number of rotatable bonds is 5. The fraction of sp³-hybridized carbons (Fsp3) is 0.400. The Hall–Kier alpha value is -2.17. The Kier molecular flexibility index (Phi) is 4.06. The second-order valence-corrected chi connectivity index (χ2v) is 4.99. The van der Waals surface area contributed by atoms with Crippen molar-refractivity contribution in [1.82, 2.24) is 15.2 Å². The molecule has 0 amide bonds. The Balaban J connectivity index is 1.56. The van der Waals surface area contributed by atoms with Crippen LogP contribution in [0.3, 0.4) is 0 Å². The lowest BCUT2D eigenvalue weighted by Gasteiger charge is -2.15. The highest BCUT2D eigenvalue weighted by Gasteiger charge is 2.14. The summed E-state index contributed by atoms with van der Waals surface area (Å²) >= 11 is 0. The van der Waals surface area contributed by atoms with Crippen molar-refractivity contribution in [2.75, 3.05) is 29.9 Å². The van der Waals surface area contributed by atoms with Gasteiger partial charge in [-0.2, -0.15) is 10.1 Å². The maximum Gasteiger partial charge on any atom is 0.244 e. The van der Waals surface area contributed by atoms with E-state index in [4.69, 9.17) is 0 Å². The third kappa shape index (κ3) is 3.23. The van der Waals surface area contributed by atoms with Gasteiger partial charge in [0.05, 0.1) is 6.20 Å². The highest BCUT2D eigenvalue weighted by Crippen LogP contribution is 2.17. The van der Waals surface area contributed by atoms with Crippen LogP contribution in [0.1, 0.15) is 18.4 Å². The van der Waals surface area contributed by atoms with Gasteiger partial charge in [-0.05, 0) is 24.8 Å². The van der Waals surface area contributed by atoms with E-state index in [1.807, 2.05) is 6.07 Å². The lowest BCUT2D eigenvalue weighted by molar-refractivity contribution is 0.874. The van der Waals surface area contributed by atoms with E-state index >= 15 is 0 Å². The molecular weight excluding hydrogens is 250 g/mol. The zero-order valence-electron chi connectivity index (χ0n) is 11.5. The second-order valence-electron chi connectivity index (χ2n) is 4.99. The molecule has 1 aromatic carbocycles. The molecule has 5 heteroatoms. The van der Waals surface area contributed by atoms with Crippen LogP contribution < -0.4 is 10.2 Å². The zero-order valence-corrected chi connectivity index (χ0v) is 11.5. The fourth-order valence-corrected chi connectivity index (χ4v) is 2.43. The van der Waals surface area contributed by atoms with Gasteiger partial charge in [0.1, 0.15) is 0 Å². The molecule has 1 aliphatic rings. The molecule has 0 atom stereocenters. The third-order valence-electron chi connectivity index (χ3n) is 3.52. The molecule has 0 saturated carbocycles. The van der Waals surface area contributed by atoms with Crippen molar-refractivity contribution in [2.24, 2.45) is 0 Å². The van der Waals surface area contributed by atoms with Gasteiger partial charge in [0, 0.05) is 19.6 Å². The smallest absolute Gasteiger partial charge is 0.244 e. The Morgan fingerprint density at radius 3 is 2.70 bits per heavy atom. The zero-order chi connectivity index (χ0) is 13.6. The lowest BCUT2D eigenvalue weighted by atomic mass is 10.1. The van der Waals surface area contributed by atoms with Crippen LogP contribution in [0, 0.1) is 0 Å². The van der Waals surface area contributed by atoms with Crippen molar-refractivity contribution in [3.05, 3.63) is 42.1 Å². The average Bonchev–Trinajstić information content (AvgIpc) is 3.03. The van der Waals surface area contributed by atoms with Crippen molar-refractivity contribution in [3.8, 4) is 0 Å². The number of anilines is 2. The molecule has 5 nitrogen and oxygen atoms in total. The fourth-order valence-electron chi connectivity index (χ4n) is 2.43. The normalized spacial score (nSPS) is 14.5. The first kappa shape index (κ1) is 12.8. The van der Waals surface area contributed by atoms with E-state index in [0.29, 0.717) is 5.95 Å². The van der Waals surface area contributed by atoms with Gasteiger partial charge in [0.15, 0.2) is 5.82 Å². The summed E-state index contributed by atoms with van der Waals surface area (Å²) in [5.74, 6) is 1.55. The number of hydrogen-bond acceptors (Lipinski definition) is 5. The third-order valence-corrected chi connectivity index (χ3v) is 3.52. The summed E-state index contributed by atoms with van der Waals surface area (Å²) in [7, 11) is 0. The Morgan fingerprint density at radius 1 is 1.10 bits per heavy atom. The van der Waals surface area contributed by atoms with Crippen molar-refractivity contribution < 1.29 is 0 Å². The molecule has 2 aromatic rings. The minimum absolute atomic E-state index is 0.616. The molecule has 1 N–H and O–H groups in total. The Labute approximate surface area is 119 Å². The molecule has 0 unspecified atom stereocenters. The molecule has 0 bridgehead atoms. The molecule has 3 rings (SSSR count). The minimum atomic E-state index is 0.616. The first-order valence-corrected chi connectivity index (χ1v) is 7.14. The first-order valence-electron chi connectivity index (χ1n) is 7.14. The largest absolute Gasteiger partial charge is 0.355 e. The molecular formula is C15H19N5. The topological polar surface area (TPSA) is 53.9 Å². The summed E-state index contributed by atoms with van der Waals surface area (Å²) in [6, 6.07) is 10.4. The second kappa shape index (κ2) is 6.32. The highest BCUT2D eigenvalue weighted by molar-refractivity contribution is 5.41. The van der Waals surface area contributed by atoms with E-state index in [1.165, 1.54) is 18.4 Å².